The lowest BCUT2D eigenvalue weighted by molar-refractivity contribution is -0.173. The van der Waals surface area contributed by atoms with Gasteiger partial charge in [0, 0.05) is 37.7 Å². The van der Waals surface area contributed by atoms with E-state index in [4.69, 9.17) is 0 Å². The minimum atomic E-state index is -4.41. The van der Waals surface area contributed by atoms with Crippen molar-refractivity contribution in [2.75, 3.05) is 19.3 Å². The molecule has 1 saturated heterocycles. The maximum Gasteiger partial charge on any atom is 0.389 e. The third kappa shape index (κ3) is 4.34. The van der Waals surface area contributed by atoms with Gasteiger partial charge >= 0.3 is 6.18 Å². The summed E-state index contributed by atoms with van der Waals surface area (Å²) in [7, 11) is 1.71. The average Bonchev–Trinajstić information content (AvgIpc) is 3.34. The molecule has 1 aliphatic heterocycles. The second-order valence-corrected chi connectivity index (χ2v) is 10.5. The van der Waals surface area contributed by atoms with Crippen molar-refractivity contribution in [2.45, 2.75) is 68.9 Å². The minimum absolute atomic E-state index is 0.0213. The van der Waals surface area contributed by atoms with Crippen LogP contribution in [0.2, 0.25) is 0 Å². The number of nitrogens with zero attached hydrogens (tertiary/aromatic N) is 5. The van der Waals surface area contributed by atoms with E-state index in [0.717, 1.165) is 12.8 Å². The Labute approximate surface area is 199 Å². The van der Waals surface area contributed by atoms with E-state index in [1.54, 1.807) is 11.7 Å². The SMILES string of the molecule is CSc1ncc2c(=O)n(CC3(O)CCN(C(=O)C(C)CC(F)(F)F)CC34CCCC4)n(C)c2n1. The monoisotopic (exact) mass is 501 g/mol. The molecule has 2 atom stereocenters. The number of piperidine rings is 1. The highest BCUT2D eigenvalue weighted by atomic mass is 32.2. The third-order valence-electron chi connectivity index (χ3n) is 7.58. The number of halogens is 3. The number of likely N-dealkylation sites (tertiary alicyclic amines) is 1. The summed E-state index contributed by atoms with van der Waals surface area (Å²) in [4.78, 5) is 36.1. The van der Waals surface area contributed by atoms with E-state index < -0.39 is 35.4 Å². The van der Waals surface area contributed by atoms with Crippen molar-refractivity contribution in [3.05, 3.63) is 16.6 Å². The molecule has 1 spiro atoms. The van der Waals surface area contributed by atoms with Crippen LogP contribution in [0.5, 0.6) is 0 Å². The molecule has 34 heavy (non-hydrogen) atoms. The van der Waals surface area contributed by atoms with Crippen LogP contribution in [0.25, 0.3) is 11.0 Å². The van der Waals surface area contributed by atoms with Crippen LogP contribution < -0.4 is 5.56 Å². The number of carbonyl (C=O) groups excluding carboxylic acids is 1. The summed E-state index contributed by atoms with van der Waals surface area (Å²) in [5.41, 5.74) is -1.79. The Hall–Kier alpha value is -2.08. The lowest BCUT2D eigenvalue weighted by Gasteiger charge is -2.52. The van der Waals surface area contributed by atoms with Crippen molar-refractivity contribution in [3.8, 4) is 0 Å². The zero-order valence-electron chi connectivity index (χ0n) is 19.6. The molecule has 1 N–H and O–H groups in total. The van der Waals surface area contributed by atoms with Crippen LogP contribution in [0.3, 0.4) is 0 Å². The number of aryl methyl sites for hydroxylation is 1. The van der Waals surface area contributed by atoms with Crippen LogP contribution in [-0.2, 0) is 18.4 Å². The molecule has 8 nitrogen and oxygen atoms in total. The molecule has 4 rings (SSSR count). The maximum atomic E-state index is 13.1. The van der Waals surface area contributed by atoms with Gasteiger partial charge in [-0.15, -0.1) is 0 Å². The molecule has 0 aromatic carbocycles. The zero-order valence-corrected chi connectivity index (χ0v) is 20.4. The molecule has 2 aliphatic rings. The van der Waals surface area contributed by atoms with E-state index in [1.165, 1.54) is 34.5 Å². The molecule has 188 valence electrons. The Kier molecular flexibility index (Phi) is 6.52. The number of fused-ring (bicyclic) bond motifs is 1. The van der Waals surface area contributed by atoms with Crippen LogP contribution in [0, 0.1) is 11.3 Å². The van der Waals surface area contributed by atoms with Crippen molar-refractivity contribution in [1.82, 2.24) is 24.2 Å². The van der Waals surface area contributed by atoms with Gasteiger partial charge in [-0.25, -0.2) is 14.6 Å². The Morgan fingerprint density at radius 2 is 1.97 bits per heavy atom. The highest BCUT2D eigenvalue weighted by Crippen LogP contribution is 2.52. The molecule has 1 saturated carbocycles. The number of hydrogen-bond donors (Lipinski definition) is 1. The predicted molar refractivity (Wildman–Crippen MR) is 121 cm³/mol. The first-order valence-corrected chi connectivity index (χ1v) is 12.7. The predicted octanol–water partition coefficient (Wildman–Crippen LogP) is 2.96. The third-order valence-corrected chi connectivity index (χ3v) is 8.14. The van der Waals surface area contributed by atoms with E-state index in [9.17, 15) is 27.9 Å². The summed E-state index contributed by atoms with van der Waals surface area (Å²) >= 11 is 1.36. The van der Waals surface area contributed by atoms with Gasteiger partial charge < -0.3 is 10.0 Å². The van der Waals surface area contributed by atoms with Crippen molar-refractivity contribution >= 4 is 28.7 Å². The number of alkyl halides is 3. The van der Waals surface area contributed by atoms with Crippen molar-refractivity contribution < 1.29 is 23.1 Å². The lowest BCUT2D eigenvalue weighted by Crippen LogP contribution is -2.62. The number of hydrogen-bond acceptors (Lipinski definition) is 6. The van der Waals surface area contributed by atoms with Crippen LogP contribution in [0.15, 0.2) is 16.1 Å². The van der Waals surface area contributed by atoms with E-state index in [0.29, 0.717) is 29.0 Å². The second-order valence-electron chi connectivity index (χ2n) is 9.73. The first-order chi connectivity index (χ1) is 15.9. The van der Waals surface area contributed by atoms with Gasteiger partial charge in [-0.05, 0) is 25.5 Å². The van der Waals surface area contributed by atoms with Gasteiger partial charge in [-0.1, -0.05) is 31.5 Å². The van der Waals surface area contributed by atoms with Crippen LogP contribution in [0.1, 0.15) is 45.4 Å². The fourth-order valence-corrected chi connectivity index (χ4v) is 6.04. The summed E-state index contributed by atoms with van der Waals surface area (Å²) in [6, 6.07) is 0. The number of rotatable bonds is 5. The summed E-state index contributed by atoms with van der Waals surface area (Å²) in [6.45, 7) is 1.67. The van der Waals surface area contributed by atoms with Crippen molar-refractivity contribution in [3.63, 3.8) is 0 Å². The highest BCUT2D eigenvalue weighted by Gasteiger charge is 2.56. The smallest absolute Gasteiger partial charge is 0.387 e. The minimum Gasteiger partial charge on any atom is -0.387 e. The van der Waals surface area contributed by atoms with Gasteiger partial charge in [0.15, 0.2) is 10.8 Å². The summed E-state index contributed by atoms with van der Waals surface area (Å²) in [5.74, 6) is -1.71. The number of aliphatic hydroxyl groups is 1. The van der Waals surface area contributed by atoms with Gasteiger partial charge in [-0.2, -0.15) is 13.2 Å². The summed E-state index contributed by atoms with van der Waals surface area (Å²) < 4.78 is 41.6. The molecule has 12 heteroatoms. The molecule has 2 unspecified atom stereocenters. The van der Waals surface area contributed by atoms with Crippen molar-refractivity contribution in [2.24, 2.45) is 18.4 Å². The van der Waals surface area contributed by atoms with Gasteiger partial charge in [0.1, 0.15) is 5.39 Å². The van der Waals surface area contributed by atoms with Crippen molar-refractivity contribution in [1.29, 1.82) is 0 Å². The molecular formula is C22H30F3N5O3S. The maximum absolute atomic E-state index is 13.1. The van der Waals surface area contributed by atoms with E-state index in [1.807, 2.05) is 6.26 Å². The molecule has 1 amide bonds. The molecule has 2 aromatic heterocycles. The normalized spacial score (nSPS) is 23.7. The first-order valence-electron chi connectivity index (χ1n) is 11.4. The summed E-state index contributed by atoms with van der Waals surface area (Å²) in [6.07, 6.45) is 0.956. The molecular weight excluding hydrogens is 471 g/mol. The Balaban J connectivity index is 1.63. The quantitative estimate of drug-likeness (QED) is 0.500. The van der Waals surface area contributed by atoms with E-state index in [-0.39, 0.29) is 31.6 Å². The lowest BCUT2D eigenvalue weighted by atomic mass is 9.65. The fraction of sp³-hybridized carbons (Fsp3) is 0.727. The Morgan fingerprint density at radius 1 is 1.29 bits per heavy atom. The molecule has 3 heterocycles. The second kappa shape index (κ2) is 8.85. The summed E-state index contributed by atoms with van der Waals surface area (Å²) in [5, 5.41) is 12.8. The van der Waals surface area contributed by atoms with Gasteiger partial charge in [-0.3, -0.25) is 14.3 Å². The van der Waals surface area contributed by atoms with E-state index in [2.05, 4.69) is 9.97 Å². The average molecular weight is 502 g/mol. The fourth-order valence-electron chi connectivity index (χ4n) is 5.70. The van der Waals surface area contributed by atoms with Crippen LogP contribution in [-0.4, -0.2) is 66.4 Å². The first kappa shape index (κ1) is 25.0. The number of aromatic nitrogens is 4. The topological polar surface area (TPSA) is 93.3 Å². The largest absolute Gasteiger partial charge is 0.389 e. The van der Waals surface area contributed by atoms with Crippen LogP contribution >= 0.6 is 11.8 Å². The molecule has 2 fully saturated rings. The standard InChI is InChI=1S/C22H30F3N5O3S/c1-14(10-22(23,24)25)17(31)29-9-8-21(33,20(12-29)6-4-5-7-20)13-30-18(32)15-11-26-19(34-3)27-16(15)28(30)2/h11,14,33H,4-10,12-13H2,1-3H3. The highest BCUT2D eigenvalue weighted by molar-refractivity contribution is 7.98. The van der Waals surface area contributed by atoms with Gasteiger partial charge in [0.25, 0.3) is 5.56 Å². The van der Waals surface area contributed by atoms with Crippen LogP contribution in [0.4, 0.5) is 13.2 Å². The Bertz CT molecular complexity index is 1140. The molecule has 0 radical (unpaired) electrons. The molecule has 1 aliphatic carbocycles. The molecule has 2 aromatic rings. The Morgan fingerprint density at radius 3 is 2.59 bits per heavy atom. The number of amides is 1. The number of carbonyl (C=O) groups is 1. The molecule has 0 bridgehead atoms. The van der Waals surface area contributed by atoms with E-state index >= 15 is 0 Å². The van der Waals surface area contributed by atoms with Gasteiger partial charge in [0.2, 0.25) is 5.91 Å². The van der Waals surface area contributed by atoms with Gasteiger partial charge in [0.05, 0.1) is 18.6 Å². The number of thioether (sulfide) groups is 1. The zero-order chi connectivity index (χ0) is 24.9.